The van der Waals surface area contributed by atoms with Gasteiger partial charge in [0.2, 0.25) is 0 Å². The normalized spacial score (nSPS) is 14.1. The Bertz CT molecular complexity index is 557. The first-order valence-corrected chi connectivity index (χ1v) is 7.58. The van der Waals surface area contributed by atoms with E-state index in [0.717, 1.165) is 12.8 Å². The van der Waals surface area contributed by atoms with Crippen molar-refractivity contribution in [1.29, 1.82) is 0 Å². The molecule has 0 saturated heterocycles. The van der Waals surface area contributed by atoms with E-state index in [0.29, 0.717) is 17.4 Å². The van der Waals surface area contributed by atoms with Crippen molar-refractivity contribution in [1.82, 2.24) is 0 Å². The molecular weight excluding hydrogens is 290 g/mol. The fourth-order valence-corrected chi connectivity index (χ4v) is 2.64. The average molecular weight is 319 g/mol. The summed E-state index contributed by atoms with van der Waals surface area (Å²) in [6.45, 7) is 0. The summed E-state index contributed by atoms with van der Waals surface area (Å²) in [6.07, 6.45) is 2.13. The van der Waals surface area contributed by atoms with Crippen LogP contribution in [0.5, 0.6) is 11.5 Å². The molecule has 0 heterocycles. The predicted octanol–water partition coefficient (Wildman–Crippen LogP) is 1.90. The third-order valence-electron chi connectivity index (χ3n) is 3.50. The van der Waals surface area contributed by atoms with Crippen LogP contribution in [0.1, 0.15) is 29.0 Å². The van der Waals surface area contributed by atoms with Crippen molar-refractivity contribution < 1.29 is 10.2 Å². The van der Waals surface area contributed by atoms with Gasteiger partial charge in [-0.15, -0.1) is 0 Å². The maximum Gasteiger partial charge on any atom is 0.115 e. The highest BCUT2D eigenvalue weighted by Gasteiger charge is 2.24. The van der Waals surface area contributed by atoms with E-state index in [9.17, 15) is 10.2 Å². The Morgan fingerprint density at radius 3 is 1.87 bits per heavy atom. The van der Waals surface area contributed by atoms with Crippen molar-refractivity contribution >= 4 is 0 Å². The summed E-state index contributed by atoms with van der Waals surface area (Å²) in [5, 5.41) is 18.9. The summed E-state index contributed by atoms with van der Waals surface area (Å²) >= 11 is 0. The minimum absolute atomic E-state index is 0.294. The zero-order chi connectivity index (χ0) is 17.8. The monoisotopic (exact) mass is 319 g/mol. The van der Waals surface area contributed by atoms with Crippen molar-refractivity contribution in [2.75, 3.05) is 21.1 Å². The Kier molecular flexibility index (Phi) is 10.4. The van der Waals surface area contributed by atoms with Gasteiger partial charge in [-0.1, -0.05) is 18.2 Å². The van der Waals surface area contributed by atoms with Gasteiger partial charge in [0, 0.05) is 5.92 Å². The molecule has 0 aliphatic heterocycles. The van der Waals surface area contributed by atoms with Crippen LogP contribution in [0.25, 0.3) is 0 Å². The molecule has 0 fully saturated rings. The number of benzene rings is 2. The highest BCUT2D eigenvalue weighted by Crippen LogP contribution is 2.39. The zero-order valence-corrected chi connectivity index (χ0v) is 14.2. The van der Waals surface area contributed by atoms with E-state index in [2.05, 4.69) is 17.2 Å². The molecule has 5 nitrogen and oxygen atoms in total. The van der Waals surface area contributed by atoms with E-state index < -0.39 is 0 Å². The fraction of sp³-hybridized carbons (Fsp3) is 0.333. The van der Waals surface area contributed by atoms with Gasteiger partial charge in [0.15, 0.2) is 0 Å². The summed E-state index contributed by atoms with van der Waals surface area (Å²) in [7, 11) is 4.50. The van der Waals surface area contributed by atoms with E-state index in [1.165, 1.54) is 37.8 Å². The SMILES string of the molecule is CN.CN.CN.Oc1ccc(C2CCc3ccc(O)cc32)cc1. The molecule has 1 atom stereocenters. The number of hydrogen-bond acceptors (Lipinski definition) is 5. The smallest absolute Gasteiger partial charge is 0.115 e. The number of phenols is 2. The molecule has 23 heavy (non-hydrogen) atoms. The number of aryl methyl sites for hydroxylation is 1. The molecule has 0 spiro atoms. The number of rotatable bonds is 1. The molecule has 1 aliphatic carbocycles. The van der Waals surface area contributed by atoms with Gasteiger partial charge < -0.3 is 27.4 Å². The van der Waals surface area contributed by atoms with Crippen LogP contribution in [0.4, 0.5) is 0 Å². The van der Waals surface area contributed by atoms with E-state index in [1.807, 2.05) is 24.3 Å². The molecule has 2 aromatic carbocycles. The van der Waals surface area contributed by atoms with Gasteiger partial charge >= 0.3 is 0 Å². The third-order valence-corrected chi connectivity index (χ3v) is 3.50. The summed E-state index contributed by atoms with van der Waals surface area (Å²) in [5.74, 6) is 0.968. The van der Waals surface area contributed by atoms with Gasteiger partial charge in [0.05, 0.1) is 0 Å². The van der Waals surface area contributed by atoms with Gasteiger partial charge in [-0.3, -0.25) is 0 Å². The molecule has 0 radical (unpaired) electrons. The molecule has 3 rings (SSSR count). The Morgan fingerprint density at radius 2 is 1.30 bits per heavy atom. The molecule has 1 unspecified atom stereocenters. The second-order valence-corrected chi connectivity index (χ2v) is 4.57. The maximum absolute atomic E-state index is 9.57. The third kappa shape index (κ3) is 5.56. The lowest BCUT2D eigenvalue weighted by Gasteiger charge is -2.12. The number of aromatic hydroxyl groups is 2. The van der Waals surface area contributed by atoms with Gasteiger partial charge in [0.25, 0.3) is 0 Å². The molecule has 0 bridgehead atoms. The topological polar surface area (TPSA) is 119 Å². The Morgan fingerprint density at radius 1 is 0.783 bits per heavy atom. The van der Waals surface area contributed by atoms with Crippen LogP contribution in [-0.2, 0) is 6.42 Å². The average Bonchev–Trinajstić information content (AvgIpc) is 3.04. The lowest BCUT2D eigenvalue weighted by Crippen LogP contribution is -1.95. The minimum Gasteiger partial charge on any atom is -0.508 e. The molecule has 128 valence electrons. The fourth-order valence-electron chi connectivity index (χ4n) is 2.64. The van der Waals surface area contributed by atoms with Gasteiger partial charge in [-0.2, -0.15) is 0 Å². The number of phenolic OH excluding ortho intramolecular Hbond substituents is 2. The largest absolute Gasteiger partial charge is 0.508 e. The summed E-state index contributed by atoms with van der Waals surface area (Å²) in [4.78, 5) is 0. The van der Waals surface area contributed by atoms with Crippen molar-refractivity contribution in [2.45, 2.75) is 18.8 Å². The Balaban J connectivity index is 0.000000728. The first kappa shape index (κ1) is 20.9. The van der Waals surface area contributed by atoms with Crippen LogP contribution in [-0.4, -0.2) is 31.4 Å². The van der Waals surface area contributed by atoms with Crippen molar-refractivity contribution in [3.8, 4) is 11.5 Å². The van der Waals surface area contributed by atoms with Gasteiger partial charge in [-0.05, 0) is 74.9 Å². The van der Waals surface area contributed by atoms with Crippen LogP contribution in [0, 0.1) is 0 Å². The van der Waals surface area contributed by atoms with Crippen LogP contribution in [0.15, 0.2) is 42.5 Å². The molecule has 0 aromatic heterocycles. The minimum atomic E-state index is 0.294. The molecule has 0 saturated carbocycles. The van der Waals surface area contributed by atoms with Gasteiger partial charge in [-0.25, -0.2) is 0 Å². The molecule has 5 heteroatoms. The highest BCUT2D eigenvalue weighted by molar-refractivity contribution is 5.46. The first-order chi connectivity index (χ1) is 11.2. The number of fused-ring (bicyclic) bond motifs is 1. The second-order valence-electron chi connectivity index (χ2n) is 4.57. The van der Waals surface area contributed by atoms with E-state index in [4.69, 9.17) is 0 Å². The molecule has 8 N–H and O–H groups in total. The lowest BCUT2D eigenvalue weighted by atomic mass is 9.93. The van der Waals surface area contributed by atoms with Crippen molar-refractivity contribution in [3.05, 3.63) is 59.2 Å². The standard InChI is InChI=1S/C15H14O2.3CH5N/c16-12-5-1-10(2-6-12)14-8-4-11-3-7-13(17)9-15(11)14;3*1-2/h1-3,5-7,9,14,16-17H,4,8H2;3*2H2,1H3. The second kappa shape index (κ2) is 11.5. The predicted molar refractivity (Wildman–Crippen MR) is 96.7 cm³/mol. The number of nitrogens with two attached hydrogens (primary N) is 3. The highest BCUT2D eigenvalue weighted by atomic mass is 16.3. The summed E-state index contributed by atoms with van der Waals surface area (Å²) < 4.78 is 0. The van der Waals surface area contributed by atoms with E-state index in [-0.39, 0.29) is 0 Å². The molecular formula is C18H29N3O2. The van der Waals surface area contributed by atoms with Crippen LogP contribution in [0.3, 0.4) is 0 Å². The van der Waals surface area contributed by atoms with Gasteiger partial charge in [0.1, 0.15) is 11.5 Å². The summed E-state index contributed by atoms with van der Waals surface area (Å²) in [5.41, 5.74) is 17.2. The molecule has 1 aliphatic rings. The zero-order valence-electron chi connectivity index (χ0n) is 14.2. The first-order valence-electron chi connectivity index (χ1n) is 7.58. The maximum atomic E-state index is 9.57. The molecule has 0 amide bonds. The molecule has 2 aromatic rings. The van der Waals surface area contributed by atoms with Crippen LogP contribution in [0.2, 0.25) is 0 Å². The quantitative estimate of drug-likeness (QED) is 0.550. The van der Waals surface area contributed by atoms with Crippen molar-refractivity contribution in [3.63, 3.8) is 0 Å². The number of hydrogen-bond donors (Lipinski definition) is 5. The van der Waals surface area contributed by atoms with E-state index >= 15 is 0 Å². The van der Waals surface area contributed by atoms with Crippen LogP contribution >= 0.6 is 0 Å². The Hall–Kier alpha value is -2.08. The summed E-state index contributed by atoms with van der Waals surface area (Å²) in [6, 6.07) is 13.0. The van der Waals surface area contributed by atoms with E-state index in [1.54, 1.807) is 18.2 Å². The Labute approximate surface area is 138 Å². The van der Waals surface area contributed by atoms with Crippen LogP contribution < -0.4 is 17.2 Å². The van der Waals surface area contributed by atoms with Crippen molar-refractivity contribution in [2.24, 2.45) is 17.2 Å². The lowest BCUT2D eigenvalue weighted by molar-refractivity contribution is 0.473.